The van der Waals surface area contributed by atoms with E-state index in [9.17, 15) is 4.79 Å². The van der Waals surface area contributed by atoms with Crippen LogP contribution in [0.25, 0.3) is 0 Å². The van der Waals surface area contributed by atoms with Gasteiger partial charge in [-0.3, -0.25) is 4.79 Å². The Kier molecular flexibility index (Phi) is 5.56. The smallest absolute Gasteiger partial charge is 0.227 e. The van der Waals surface area contributed by atoms with E-state index in [1.165, 1.54) is 22.9 Å². The van der Waals surface area contributed by atoms with Gasteiger partial charge in [0.15, 0.2) is 17.3 Å². The molecule has 1 aromatic heterocycles. The van der Waals surface area contributed by atoms with Gasteiger partial charge in [-0.25, -0.2) is 4.68 Å². The van der Waals surface area contributed by atoms with Gasteiger partial charge in [0, 0.05) is 17.7 Å². The van der Waals surface area contributed by atoms with Crippen molar-refractivity contribution in [3.63, 3.8) is 0 Å². The third kappa shape index (κ3) is 3.89. The predicted octanol–water partition coefficient (Wildman–Crippen LogP) is 5.31. The van der Waals surface area contributed by atoms with Gasteiger partial charge in [0.05, 0.1) is 0 Å². The van der Waals surface area contributed by atoms with Crippen molar-refractivity contribution in [2.24, 2.45) is 0 Å². The Hall–Kier alpha value is -3.26. The van der Waals surface area contributed by atoms with Crippen LogP contribution in [0, 0.1) is 0 Å². The van der Waals surface area contributed by atoms with Gasteiger partial charge in [0.2, 0.25) is 11.1 Å². The standard InChI is InChI=1S/C27H28N4O3S/c1-15(2)16-4-6-17(7-5-16)19-12-20-24(21(32)13-19)25(31-26(28-20)29-27(30-31)35-3)18-8-9-22-23(14-18)34-11-10-33-22/h4-9,14-15,19,25H,10-13H2,1-3H3,(H,28,29,30). The van der Waals surface area contributed by atoms with Crippen molar-refractivity contribution in [2.75, 3.05) is 24.8 Å². The lowest BCUT2D eigenvalue weighted by atomic mass is 9.77. The maximum Gasteiger partial charge on any atom is 0.227 e. The Balaban J connectivity index is 1.41. The first-order valence-corrected chi connectivity index (χ1v) is 13.3. The minimum Gasteiger partial charge on any atom is -0.486 e. The number of carbonyl (C=O) groups excluding carboxylic acids is 1. The molecule has 2 aliphatic heterocycles. The molecule has 0 fully saturated rings. The number of nitrogens with zero attached hydrogens (tertiary/aromatic N) is 3. The number of ether oxygens (including phenoxy) is 2. The zero-order chi connectivity index (χ0) is 24.1. The maximum absolute atomic E-state index is 13.7. The predicted molar refractivity (Wildman–Crippen MR) is 136 cm³/mol. The van der Waals surface area contributed by atoms with Gasteiger partial charge in [-0.05, 0) is 53.3 Å². The molecule has 0 saturated carbocycles. The molecule has 0 radical (unpaired) electrons. The highest BCUT2D eigenvalue weighted by Crippen LogP contribution is 2.46. The summed E-state index contributed by atoms with van der Waals surface area (Å²) >= 11 is 1.49. The summed E-state index contributed by atoms with van der Waals surface area (Å²) in [6.45, 7) is 5.44. The molecule has 0 bridgehead atoms. The topological polar surface area (TPSA) is 78.3 Å². The Labute approximate surface area is 208 Å². The maximum atomic E-state index is 13.7. The van der Waals surface area contributed by atoms with Crippen LogP contribution in [-0.4, -0.2) is 40.0 Å². The van der Waals surface area contributed by atoms with Crippen LogP contribution in [0.5, 0.6) is 11.5 Å². The minimum atomic E-state index is -0.359. The summed E-state index contributed by atoms with van der Waals surface area (Å²) in [5.74, 6) is 2.85. The second-order valence-electron chi connectivity index (χ2n) is 9.54. The number of allylic oxidation sites excluding steroid dienone is 2. The van der Waals surface area contributed by atoms with Crippen LogP contribution in [-0.2, 0) is 4.79 Å². The summed E-state index contributed by atoms with van der Waals surface area (Å²) in [5.41, 5.74) is 5.15. The average Bonchev–Trinajstić information content (AvgIpc) is 3.30. The molecule has 7 nitrogen and oxygen atoms in total. The van der Waals surface area contributed by atoms with Crippen LogP contribution in [0.15, 0.2) is 58.9 Å². The number of thioether (sulfide) groups is 1. The molecule has 2 atom stereocenters. The summed E-state index contributed by atoms with van der Waals surface area (Å²) in [5, 5.41) is 8.84. The number of hydrogen-bond acceptors (Lipinski definition) is 7. The molecule has 6 rings (SSSR count). The average molecular weight is 489 g/mol. The summed E-state index contributed by atoms with van der Waals surface area (Å²) in [4.78, 5) is 18.4. The third-order valence-electron chi connectivity index (χ3n) is 7.04. The minimum absolute atomic E-state index is 0.130. The zero-order valence-corrected chi connectivity index (χ0v) is 20.9. The fourth-order valence-corrected chi connectivity index (χ4v) is 5.55. The van der Waals surface area contributed by atoms with Crippen molar-refractivity contribution < 1.29 is 14.3 Å². The van der Waals surface area contributed by atoms with E-state index in [0.717, 1.165) is 29.0 Å². The van der Waals surface area contributed by atoms with Crippen molar-refractivity contribution in [2.45, 2.75) is 49.7 Å². The molecule has 1 aliphatic carbocycles. The largest absolute Gasteiger partial charge is 0.486 e. The number of Topliss-reactive ketones (excluding diaryl/α,β-unsaturated/α-hetero) is 1. The van der Waals surface area contributed by atoms with E-state index in [1.54, 1.807) is 0 Å². The van der Waals surface area contributed by atoms with E-state index in [-0.39, 0.29) is 17.7 Å². The fourth-order valence-electron chi connectivity index (χ4n) is 5.21. The van der Waals surface area contributed by atoms with Crippen LogP contribution in [0.4, 0.5) is 5.95 Å². The summed E-state index contributed by atoms with van der Waals surface area (Å²) in [6.07, 6.45) is 3.18. The van der Waals surface area contributed by atoms with Crippen LogP contribution < -0.4 is 14.8 Å². The lowest BCUT2D eigenvalue weighted by molar-refractivity contribution is -0.116. The molecular formula is C27H28N4O3S. The van der Waals surface area contributed by atoms with Crippen LogP contribution in [0.3, 0.4) is 0 Å². The number of hydrogen-bond donors (Lipinski definition) is 1. The molecule has 180 valence electrons. The van der Waals surface area contributed by atoms with E-state index in [4.69, 9.17) is 14.6 Å². The Morgan fingerprint density at radius 1 is 1.03 bits per heavy atom. The van der Waals surface area contributed by atoms with Crippen molar-refractivity contribution >= 4 is 23.5 Å². The molecule has 1 N–H and O–H groups in total. The SMILES string of the molecule is CSc1nc2n(n1)C(c1ccc3c(c1)OCCO3)C1=C(CC(c3ccc(C(C)C)cc3)CC1=O)N2. The van der Waals surface area contributed by atoms with Crippen molar-refractivity contribution in [1.29, 1.82) is 0 Å². The number of ketones is 1. The first-order chi connectivity index (χ1) is 17.0. The molecule has 3 aliphatic rings. The van der Waals surface area contributed by atoms with E-state index < -0.39 is 0 Å². The van der Waals surface area contributed by atoms with Crippen LogP contribution >= 0.6 is 11.8 Å². The number of benzene rings is 2. The van der Waals surface area contributed by atoms with Crippen molar-refractivity contribution in [3.8, 4) is 11.5 Å². The quantitative estimate of drug-likeness (QED) is 0.499. The number of aromatic nitrogens is 3. The second-order valence-corrected chi connectivity index (χ2v) is 10.3. The number of fused-ring (bicyclic) bond motifs is 2. The summed E-state index contributed by atoms with van der Waals surface area (Å²) in [7, 11) is 0. The van der Waals surface area contributed by atoms with Gasteiger partial charge in [0.1, 0.15) is 19.3 Å². The molecule has 2 aromatic carbocycles. The lowest BCUT2D eigenvalue weighted by Gasteiger charge is -2.35. The van der Waals surface area contributed by atoms with Gasteiger partial charge in [-0.1, -0.05) is 55.9 Å². The number of carbonyl (C=O) groups is 1. The molecule has 3 aromatic rings. The highest BCUT2D eigenvalue weighted by molar-refractivity contribution is 7.98. The molecule has 2 unspecified atom stereocenters. The van der Waals surface area contributed by atoms with Crippen molar-refractivity contribution in [1.82, 2.24) is 14.8 Å². The molecule has 0 saturated heterocycles. The van der Waals surface area contributed by atoms with E-state index >= 15 is 0 Å². The Morgan fingerprint density at radius 2 is 1.77 bits per heavy atom. The van der Waals surface area contributed by atoms with Gasteiger partial charge in [-0.15, -0.1) is 5.10 Å². The Morgan fingerprint density at radius 3 is 2.51 bits per heavy atom. The fraction of sp³-hybridized carbons (Fsp3) is 0.370. The van der Waals surface area contributed by atoms with E-state index in [0.29, 0.717) is 42.4 Å². The van der Waals surface area contributed by atoms with Crippen LogP contribution in [0.2, 0.25) is 0 Å². The molecule has 3 heterocycles. The number of anilines is 1. The molecule has 0 amide bonds. The van der Waals surface area contributed by atoms with Gasteiger partial charge < -0.3 is 14.8 Å². The van der Waals surface area contributed by atoms with Crippen molar-refractivity contribution in [3.05, 3.63) is 70.4 Å². The number of nitrogens with one attached hydrogen (secondary N) is 1. The Bertz CT molecular complexity index is 1330. The zero-order valence-electron chi connectivity index (χ0n) is 20.1. The molecule has 0 spiro atoms. The summed E-state index contributed by atoms with van der Waals surface area (Å²) < 4.78 is 13.4. The second kappa shape index (κ2) is 8.75. The normalized spacial score (nSPS) is 21.0. The third-order valence-corrected chi connectivity index (χ3v) is 7.58. The number of rotatable bonds is 4. The van der Waals surface area contributed by atoms with Gasteiger partial charge >= 0.3 is 0 Å². The first-order valence-electron chi connectivity index (χ1n) is 12.0. The van der Waals surface area contributed by atoms with E-state index in [2.05, 4.69) is 48.4 Å². The first kappa shape index (κ1) is 22.2. The highest BCUT2D eigenvalue weighted by Gasteiger charge is 2.40. The molecular weight excluding hydrogens is 460 g/mol. The molecule has 35 heavy (non-hydrogen) atoms. The summed E-state index contributed by atoms with van der Waals surface area (Å²) in [6, 6.07) is 14.3. The molecule has 8 heteroatoms. The monoisotopic (exact) mass is 488 g/mol. The highest BCUT2D eigenvalue weighted by atomic mass is 32.2. The van der Waals surface area contributed by atoms with Gasteiger partial charge in [-0.2, -0.15) is 4.98 Å². The van der Waals surface area contributed by atoms with Crippen LogP contribution in [0.1, 0.15) is 61.3 Å². The van der Waals surface area contributed by atoms with E-state index in [1.807, 2.05) is 29.1 Å². The lowest BCUT2D eigenvalue weighted by Crippen LogP contribution is -2.33. The van der Waals surface area contributed by atoms with Gasteiger partial charge in [0.25, 0.3) is 0 Å².